The van der Waals surface area contributed by atoms with Gasteiger partial charge in [-0.15, -0.1) is 6.42 Å². The van der Waals surface area contributed by atoms with Gasteiger partial charge in [-0.25, -0.2) is 0 Å². The minimum Gasteiger partial charge on any atom is -0.480 e. The lowest BCUT2D eigenvalue weighted by atomic mass is 10.3. The third-order valence-electron chi connectivity index (χ3n) is 1.69. The van der Waals surface area contributed by atoms with Gasteiger partial charge in [0, 0.05) is 12.2 Å². The Morgan fingerprint density at radius 3 is 2.81 bits per heavy atom. The minimum atomic E-state index is -1.00. The SMILES string of the molecule is C#CCNC(=O)CCCSC[C@H](N)C(=O)O. The van der Waals surface area contributed by atoms with Crippen molar-refractivity contribution in [2.45, 2.75) is 18.9 Å². The fraction of sp³-hybridized carbons (Fsp3) is 0.600. The Balaban J connectivity index is 3.37. The predicted molar refractivity (Wildman–Crippen MR) is 64.0 cm³/mol. The highest BCUT2D eigenvalue weighted by Crippen LogP contribution is 2.05. The van der Waals surface area contributed by atoms with Gasteiger partial charge in [0.1, 0.15) is 6.04 Å². The molecule has 5 nitrogen and oxygen atoms in total. The van der Waals surface area contributed by atoms with Crippen LogP contribution in [-0.2, 0) is 9.59 Å². The Labute approximate surface area is 99.2 Å². The quantitative estimate of drug-likeness (QED) is 0.401. The molecule has 0 saturated carbocycles. The molecule has 0 aromatic carbocycles. The number of aliphatic carboxylic acids is 1. The Kier molecular flexibility index (Phi) is 8.39. The lowest BCUT2D eigenvalue weighted by molar-refractivity contribution is -0.137. The smallest absolute Gasteiger partial charge is 0.321 e. The van der Waals surface area contributed by atoms with Gasteiger partial charge in [0.15, 0.2) is 0 Å². The molecule has 0 aromatic rings. The summed E-state index contributed by atoms with van der Waals surface area (Å²) in [6, 6.07) is -0.833. The molecule has 1 amide bonds. The van der Waals surface area contributed by atoms with Gasteiger partial charge in [-0.1, -0.05) is 5.92 Å². The summed E-state index contributed by atoms with van der Waals surface area (Å²) in [6.45, 7) is 0.246. The molecule has 0 unspecified atom stereocenters. The molecule has 0 heterocycles. The molecule has 0 aliphatic heterocycles. The molecule has 0 aliphatic carbocycles. The Morgan fingerprint density at radius 2 is 2.25 bits per heavy atom. The van der Waals surface area contributed by atoms with E-state index in [1.807, 2.05) is 0 Å². The average molecular weight is 244 g/mol. The molecule has 6 heteroatoms. The first-order valence-electron chi connectivity index (χ1n) is 4.84. The molecule has 0 radical (unpaired) electrons. The number of amides is 1. The first-order valence-corrected chi connectivity index (χ1v) is 5.99. The van der Waals surface area contributed by atoms with Gasteiger partial charge in [0.2, 0.25) is 5.91 Å². The summed E-state index contributed by atoms with van der Waals surface area (Å²) in [5.41, 5.74) is 5.30. The monoisotopic (exact) mass is 244 g/mol. The van der Waals surface area contributed by atoms with E-state index >= 15 is 0 Å². The van der Waals surface area contributed by atoms with Crippen molar-refractivity contribution in [3.63, 3.8) is 0 Å². The maximum atomic E-state index is 11.1. The summed E-state index contributed by atoms with van der Waals surface area (Å²) in [5.74, 6) is 2.30. The summed E-state index contributed by atoms with van der Waals surface area (Å²) in [7, 11) is 0. The topological polar surface area (TPSA) is 92.4 Å². The molecule has 0 saturated heterocycles. The van der Waals surface area contributed by atoms with Crippen LogP contribution in [0.15, 0.2) is 0 Å². The minimum absolute atomic E-state index is 0.0823. The van der Waals surface area contributed by atoms with Crippen molar-refractivity contribution in [3.8, 4) is 12.3 Å². The maximum absolute atomic E-state index is 11.1. The van der Waals surface area contributed by atoms with Gasteiger partial charge in [0.05, 0.1) is 6.54 Å². The zero-order chi connectivity index (χ0) is 12.4. The van der Waals surface area contributed by atoms with Crippen molar-refractivity contribution in [1.29, 1.82) is 0 Å². The lowest BCUT2D eigenvalue weighted by Gasteiger charge is -2.05. The zero-order valence-electron chi connectivity index (χ0n) is 8.94. The molecule has 16 heavy (non-hydrogen) atoms. The number of carboxylic acids is 1. The van der Waals surface area contributed by atoms with Crippen LogP contribution >= 0.6 is 11.8 Å². The fourth-order valence-electron chi connectivity index (χ4n) is 0.854. The third kappa shape index (κ3) is 8.15. The van der Waals surface area contributed by atoms with Crippen molar-refractivity contribution in [3.05, 3.63) is 0 Å². The normalized spacial score (nSPS) is 11.5. The molecular formula is C10H16N2O3S. The number of nitrogens with two attached hydrogens (primary N) is 1. The molecule has 0 fully saturated rings. The van der Waals surface area contributed by atoms with Gasteiger partial charge >= 0.3 is 5.97 Å². The highest BCUT2D eigenvalue weighted by Gasteiger charge is 2.10. The van der Waals surface area contributed by atoms with E-state index in [2.05, 4.69) is 11.2 Å². The predicted octanol–water partition coefficient (Wildman–Crippen LogP) is -0.339. The van der Waals surface area contributed by atoms with E-state index in [0.29, 0.717) is 24.3 Å². The van der Waals surface area contributed by atoms with Crippen molar-refractivity contribution >= 4 is 23.6 Å². The molecule has 0 aliphatic rings. The summed E-state index contributed by atoms with van der Waals surface area (Å²) < 4.78 is 0. The van der Waals surface area contributed by atoms with E-state index in [-0.39, 0.29) is 12.5 Å². The molecule has 0 spiro atoms. The van der Waals surface area contributed by atoms with Crippen LogP contribution in [0, 0.1) is 12.3 Å². The number of hydrogen-bond donors (Lipinski definition) is 3. The molecular weight excluding hydrogens is 228 g/mol. The van der Waals surface area contributed by atoms with E-state index < -0.39 is 12.0 Å². The maximum Gasteiger partial charge on any atom is 0.321 e. The molecule has 90 valence electrons. The fourth-order valence-corrected chi connectivity index (χ4v) is 1.77. The van der Waals surface area contributed by atoms with Gasteiger partial charge in [-0.2, -0.15) is 11.8 Å². The highest BCUT2D eigenvalue weighted by molar-refractivity contribution is 7.99. The van der Waals surface area contributed by atoms with E-state index in [9.17, 15) is 9.59 Å². The summed E-state index contributed by atoms with van der Waals surface area (Å²) >= 11 is 1.43. The second-order valence-electron chi connectivity index (χ2n) is 3.10. The number of hydrogen-bond acceptors (Lipinski definition) is 4. The lowest BCUT2D eigenvalue weighted by Crippen LogP contribution is -2.32. The van der Waals surface area contributed by atoms with Crippen LogP contribution in [0.1, 0.15) is 12.8 Å². The second-order valence-corrected chi connectivity index (χ2v) is 4.25. The standard InChI is InChI=1S/C10H16N2O3S/c1-2-5-12-9(13)4-3-6-16-7-8(11)10(14)15/h1,8H,3-7,11H2,(H,12,13)(H,14,15)/t8-/m0/s1. The first-order chi connectivity index (χ1) is 7.57. The number of thioether (sulfide) groups is 1. The van der Waals surface area contributed by atoms with Crippen LogP contribution in [0.2, 0.25) is 0 Å². The van der Waals surface area contributed by atoms with Crippen molar-refractivity contribution in [1.82, 2.24) is 5.32 Å². The number of rotatable bonds is 8. The zero-order valence-corrected chi connectivity index (χ0v) is 9.76. The van der Waals surface area contributed by atoms with Gasteiger partial charge < -0.3 is 16.2 Å². The molecule has 4 N–H and O–H groups in total. The molecule has 1 atom stereocenters. The van der Waals surface area contributed by atoms with E-state index in [1.165, 1.54) is 11.8 Å². The van der Waals surface area contributed by atoms with Gasteiger partial charge in [0.25, 0.3) is 0 Å². The van der Waals surface area contributed by atoms with E-state index in [0.717, 1.165) is 0 Å². The van der Waals surface area contributed by atoms with Crippen molar-refractivity contribution < 1.29 is 14.7 Å². The van der Waals surface area contributed by atoms with Crippen molar-refractivity contribution in [2.75, 3.05) is 18.1 Å². The number of carbonyl (C=O) groups is 2. The van der Waals surface area contributed by atoms with E-state index in [1.54, 1.807) is 0 Å². The van der Waals surface area contributed by atoms with Gasteiger partial charge in [-0.3, -0.25) is 9.59 Å². The summed E-state index contributed by atoms with van der Waals surface area (Å²) in [5, 5.41) is 11.0. The molecule has 0 rings (SSSR count). The molecule has 0 aromatic heterocycles. The van der Waals surface area contributed by atoms with Crippen LogP contribution in [0.5, 0.6) is 0 Å². The summed E-state index contributed by atoms with van der Waals surface area (Å²) in [6.07, 6.45) is 6.06. The van der Waals surface area contributed by atoms with Crippen LogP contribution in [-0.4, -0.2) is 41.1 Å². The first kappa shape index (κ1) is 14.8. The number of nitrogens with one attached hydrogen (secondary N) is 1. The molecule has 0 bridgehead atoms. The second kappa shape index (κ2) is 9.07. The van der Waals surface area contributed by atoms with Gasteiger partial charge in [-0.05, 0) is 12.2 Å². The number of carbonyl (C=O) groups excluding carboxylic acids is 1. The highest BCUT2D eigenvalue weighted by atomic mass is 32.2. The van der Waals surface area contributed by atoms with Crippen LogP contribution < -0.4 is 11.1 Å². The number of terminal acetylenes is 1. The Morgan fingerprint density at radius 1 is 1.56 bits per heavy atom. The van der Waals surface area contributed by atoms with E-state index in [4.69, 9.17) is 17.3 Å². The Bertz CT molecular complexity index is 276. The third-order valence-corrected chi connectivity index (χ3v) is 2.87. The van der Waals surface area contributed by atoms with Crippen LogP contribution in [0.25, 0.3) is 0 Å². The van der Waals surface area contributed by atoms with Crippen LogP contribution in [0.4, 0.5) is 0 Å². The number of carboxylic acid groups (broad SMARTS) is 1. The largest absolute Gasteiger partial charge is 0.480 e. The summed E-state index contributed by atoms with van der Waals surface area (Å²) in [4.78, 5) is 21.4. The van der Waals surface area contributed by atoms with Crippen molar-refractivity contribution in [2.24, 2.45) is 5.73 Å². The van der Waals surface area contributed by atoms with Crippen LogP contribution in [0.3, 0.4) is 0 Å². The Hall–Kier alpha value is -1.19. The average Bonchev–Trinajstić information content (AvgIpc) is 2.25.